The fourth-order valence-electron chi connectivity index (χ4n) is 5.65. The van der Waals surface area contributed by atoms with E-state index in [1.54, 1.807) is 17.2 Å². The van der Waals surface area contributed by atoms with E-state index in [0.29, 0.717) is 37.3 Å². The van der Waals surface area contributed by atoms with Gasteiger partial charge in [-0.1, -0.05) is 30.3 Å². The molecule has 3 fully saturated rings. The van der Waals surface area contributed by atoms with E-state index in [4.69, 9.17) is 4.99 Å². The molecule has 1 aromatic heterocycles. The number of likely N-dealkylation sites (tertiary alicyclic amines) is 1. The first kappa shape index (κ1) is 22.4. The molecule has 188 valence electrons. The van der Waals surface area contributed by atoms with Gasteiger partial charge >= 0.3 is 0 Å². The molecule has 7 nitrogen and oxygen atoms in total. The number of rotatable bonds is 6. The Hall–Kier alpha value is -3.81. The molecule has 0 radical (unpaired) electrons. The Bertz CT molecular complexity index is 1410. The average Bonchev–Trinajstić information content (AvgIpc) is 3.77. The third kappa shape index (κ3) is 3.95. The lowest BCUT2D eigenvalue weighted by Gasteiger charge is -2.24. The Labute approximate surface area is 214 Å². The van der Waals surface area contributed by atoms with E-state index >= 15 is 4.39 Å². The molecular formula is C29H28FN5O2. The average molecular weight is 498 g/mol. The molecule has 1 spiro atoms. The third-order valence-corrected chi connectivity index (χ3v) is 8.17. The van der Waals surface area contributed by atoms with Crippen molar-refractivity contribution in [3.05, 3.63) is 66.2 Å². The molecule has 2 saturated carbocycles. The fraction of sp³-hybridized carbons (Fsp3) is 0.379. The summed E-state index contributed by atoms with van der Waals surface area (Å²) in [6.45, 7) is 1.88. The molecule has 1 saturated heterocycles. The maximum atomic E-state index is 15.6. The number of aromatic amines is 1. The van der Waals surface area contributed by atoms with Crippen LogP contribution in [0.3, 0.4) is 0 Å². The van der Waals surface area contributed by atoms with Crippen LogP contribution in [0.4, 0.5) is 4.39 Å². The minimum absolute atomic E-state index is 0.0206. The van der Waals surface area contributed by atoms with Crippen molar-refractivity contribution in [1.82, 2.24) is 20.0 Å². The molecule has 2 aromatic carbocycles. The molecule has 0 unspecified atom stereocenters. The van der Waals surface area contributed by atoms with Crippen LogP contribution in [-0.4, -0.2) is 62.8 Å². The molecule has 1 N–H and O–H groups in total. The van der Waals surface area contributed by atoms with Crippen LogP contribution in [0.5, 0.6) is 0 Å². The smallest absolute Gasteiger partial charge is 0.256 e. The second kappa shape index (κ2) is 8.36. The summed E-state index contributed by atoms with van der Waals surface area (Å²) in [6.07, 6.45) is 7.87. The number of H-pyrrole nitrogens is 1. The van der Waals surface area contributed by atoms with Crippen LogP contribution >= 0.6 is 0 Å². The molecule has 2 aliphatic carbocycles. The second-order valence-electron chi connectivity index (χ2n) is 10.9. The standard InChI is InChI=1S/C29H28FN5O2/c30-25-13-22(19-1-3-20(4-2-19)23-14-31-32-15-23)7-8-24(25)26-33-29(10-11-29)28(37)35(26)17-18-9-12-34(16-18)27(36)21-5-6-21/h1-4,7-8,13-15,18,21H,5-6,9-12,16-17H2,(H,31,32)/t18-/m1/s1. The van der Waals surface area contributed by atoms with Crippen LogP contribution in [-0.2, 0) is 9.59 Å². The van der Waals surface area contributed by atoms with E-state index in [-0.39, 0.29) is 29.5 Å². The van der Waals surface area contributed by atoms with Gasteiger partial charge in [0.25, 0.3) is 5.91 Å². The van der Waals surface area contributed by atoms with Crippen LogP contribution in [0.25, 0.3) is 22.3 Å². The number of halogens is 1. The van der Waals surface area contributed by atoms with E-state index in [2.05, 4.69) is 10.2 Å². The minimum atomic E-state index is -0.703. The number of aromatic nitrogens is 2. The van der Waals surface area contributed by atoms with Gasteiger partial charge in [0.05, 0.1) is 11.8 Å². The zero-order valence-corrected chi connectivity index (χ0v) is 20.5. The molecule has 2 aliphatic heterocycles. The molecule has 3 heterocycles. The van der Waals surface area contributed by atoms with E-state index in [0.717, 1.165) is 48.1 Å². The number of carbonyl (C=O) groups excluding carboxylic acids is 2. The monoisotopic (exact) mass is 497 g/mol. The van der Waals surface area contributed by atoms with Gasteiger partial charge in [0.1, 0.15) is 17.2 Å². The lowest BCUT2D eigenvalue weighted by molar-refractivity contribution is -0.131. The second-order valence-corrected chi connectivity index (χ2v) is 10.9. The van der Waals surface area contributed by atoms with Gasteiger partial charge in [-0.3, -0.25) is 24.6 Å². The molecular weight excluding hydrogens is 469 g/mol. The summed E-state index contributed by atoms with van der Waals surface area (Å²) < 4.78 is 15.6. The van der Waals surface area contributed by atoms with Gasteiger partial charge in [0, 0.05) is 37.3 Å². The number of hydrogen-bond acceptors (Lipinski definition) is 4. The Kier molecular flexibility index (Phi) is 5.06. The Morgan fingerprint density at radius 1 is 1.03 bits per heavy atom. The maximum Gasteiger partial charge on any atom is 0.256 e. The summed E-state index contributed by atoms with van der Waals surface area (Å²) in [5, 5.41) is 6.80. The number of aliphatic imine (C=N–C) groups is 1. The lowest BCUT2D eigenvalue weighted by atomic mass is 10.00. The number of amides is 2. The van der Waals surface area contributed by atoms with Crippen molar-refractivity contribution >= 4 is 17.6 Å². The maximum absolute atomic E-state index is 15.6. The van der Waals surface area contributed by atoms with Gasteiger partial charge in [-0.25, -0.2) is 4.39 Å². The zero-order valence-electron chi connectivity index (χ0n) is 20.5. The molecule has 1 atom stereocenters. The van der Waals surface area contributed by atoms with Crippen molar-refractivity contribution in [1.29, 1.82) is 0 Å². The molecule has 2 amide bonds. The summed E-state index contributed by atoms with van der Waals surface area (Å²) in [5.74, 6) is 0.668. The Morgan fingerprint density at radius 2 is 1.76 bits per heavy atom. The van der Waals surface area contributed by atoms with Gasteiger partial charge in [-0.05, 0) is 66.8 Å². The molecule has 4 aliphatic rings. The highest BCUT2D eigenvalue weighted by Gasteiger charge is 2.58. The number of nitrogens with one attached hydrogen (secondary N) is 1. The number of amidine groups is 1. The lowest BCUT2D eigenvalue weighted by Crippen LogP contribution is -2.41. The molecule has 37 heavy (non-hydrogen) atoms. The predicted molar refractivity (Wildman–Crippen MR) is 137 cm³/mol. The number of carbonyl (C=O) groups is 2. The third-order valence-electron chi connectivity index (χ3n) is 8.17. The summed E-state index contributed by atoms with van der Waals surface area (Å²) in [5.41, 5.74) is 3.36. The first-order valence-corrected chi connectivity index (χ1v) is 13.1. The summed E-state index contributed by atoms with van der Waals surface area (Å²) in [7, 11) is 0. The Balaban J connectivity index is 1.12. The van der Waals surface area contributed by atoms with Crippen LogP contribution in [0, 0.1) is 17.7 Å². The first-order valence-electron chi connectivity index (χ1n) is 13.1. The molecule has 3 aromatic rings. The van der Waals surface area contributed by atoms with E-state index in [9.17, 15) is 9.59 Å². The van der Waals surface area contributed by atoms with Gasteiger partial charge < -0.3 is 4.90 Å². The van der Waals surface area contributed by atoms with Gasteiger partial charge in [-0.15, -0.1) is 0 Å². The van der Waals surface area contributed by atoms with Crippen molar-refractivity contribution in [3.63, 3.8) is 0 Å². The van der Waals surface area contributed by atoms with Crippen LogP contribution in [0.2, 0.25) is 0 Å². The van der Waals surface area contributed by atoms with Crippen LogP contribution in [0.15, 0.2) is 59.9 Å². The zero-order chi connectivity index (χ0) is 25.1. The summed E-state index contributed by atoms with van der Waals surface area (Å²) >= 11 is 0. The van der Waals surface area contributed by atoms with Crippen LogP contribution in [0.1, 0.15) is 37.7 Å². The highest BCUT2D eigenvalue weighted by molar-refractivity contribution is 6.16. The quantitative estimate of drug-likeness (QED) is 0.553. The summed E-state index contributed by atoms with van der Waals surface area (Å²) in [4.78, 5) is 34.2. The van der Waals surface area contributed by atoms with Crippen molar-refractivity contribution in [2.24, 2.45) is 16.8 Å². The largest absolute Gasteiger partial charge is 0.342 e. The minimum Gasteiger partial charge on any atom is -0.342 e. The van der Waals surface area contributed by atoms with E-state index in [1.807, 2.05) is 41.4 Å². The van der Waals surface area contributed by atoms with E-state index < -0.39 is 5.54 Å². The van der Waals surface area contributed by atoms with Crippen molar-refractivity contribution < 1.29 is 14.0 Å². The predicted octanol–water partition coefficient (Wildman–Crippen LogP) is 4.26. The number of benzene rings is 2. The molecule has 7 rings (SSSR count). The summed E-state index contributed by atoms with van der Waals surface area (Å²) in [6, 6.07) is 13.1. The highest BCUT2D eigenvalue weighted by atomic mass is 19.1. The highest BCUT2D eigenvalue weighted by Crippen LogP contribution is 2.46. The van der Waals surface area contributed by atoms with Crippen molar-refractivity contribution in [2.75, 3.05) is 19.6 Å². The van der Waals surface area contributed by atoms with Crippen molar-refractivity contribution in [2.45, 2.75) is 37.6 Å². The van der Waals surface area contributed by atoms with Gasteiger partial charge in [0.15, 0.2) is 0 Å². The normalized spacial score (nSPS) is 22.1. The van der Waals surface area contributed by atoms with Crippen molar-refractivity contribution in [3.8, 4) is 22.3 Å². The first-order chi connectivity index (χ1) is 18.0. The fourth-order valence-corrected chi connectivity index (χ4v) is 5.65. The molecule has 8 heteroatoms. The SMILES string of the molecule is O=C(C1CC1)N1CC[C@@H](CN2C(=O)C3(CC3)N=C2c2ccc(-c3ccc(-c4cn[nH]c4)cc3)cc2F)C1. The number of hydrogen-bond donors (Lipinski definition) is 1. The topological polar surface area (TPSA) is 81.7 Å². The number of nitrogens with zero attached hydrogens (tertiary/aromatic N) is 4. The Morgan fingerprint density at radius 3 is 2.41 bits per heavy atom. The van der Waals surface area contributed by atoms with E-state index in [1.165, 1.54) is 6.07 Å². The van der Waals surface area contributed by atoms with Gasteiger partial charge in [-0.2, -0.15) is 5.10 Å². The molecule has 0 bridgehead atoms. The van der Waals surface area contributed by atoms with Crippen LogP contribution < -0.4 is 0 Å². The van der Waals surface area contributed by atoms with Gasteiger partial charge in [0.2, 0.25) is 5.91 Å².